The number of nitrogens with zero attached hydrogens (tertiary/aromatic N) is 3. The lowest BCUT2D eigenvalue weighted by Gasteiger charge is -2.43. The predicted molar refractivity (Wildman–Crippen MR) is 81.5 cm³/mol. The molecule has 0 spiro atoms. The van der Waals surface area contributed by atoms with E-state index in [1.54, 1.807) is 6.26 Å². The summed E-state index contributed by atoms with van der Waals surface area (Å²) in [7, 11) is 0. The van der Waals surface area contributed by atoms with Gasteiger partial charge in [-0.2, -0.15) is 5.26 Å². The minimum absolute atomic E-state index is 0.135. The van der Waals surface area contributed by atoms with Crippen molar-refractivity contribution in [2.75, 3.05) is 26.2 Å². The summed E-state index contributed by atoms with van der Waals surface area (Å²) >= 11 is 0. The lowest BCUT2D eigenvalue weighted by Crippen LogP contribution is -2.50. The van der Waals surface area contributed by atoms with Crippen molar-refractivity contribution in [1.82, 2.24) is 9.80 Å². The summed E-state index contributed by atoms with van der Waals surface area (Å²) in [6, 6.07) is 7.19. The van der Waals surface area contributed by atoms with Crippen LogP contribution in [0.1, 0.15) is 38.4 Å². The van der Waals surface area contributed by atoms with Gasteiger partial charge in [0, 0.05) is 25.7 Å². The fourth-order valence-electron chi connectivity index (χ4n) is 3.75. The molecule has 0 amide bonds. The average Bonchev–Trinajstić information content (AvgIpc) is 3.01. The van der Waals surface area contributed by atoms with Crippen LogP contribution in [-0.4, -0.2) is 42.0 Å². The van der Waals surface area contributed by atoms with Crippen LogP contribution in [0.5, 0.6) is 0 Å². The Balaban J connectivity index is 1.50. The number of nitriles is 1. The molecule has 2 fully saturated rings. The van der Waals surface area contributed by atoms with E-state index in [1.807, 2.05) is 6.07 Å². The summed E-state index contributed by atoms with van der Waals surface area (Å²) < 4.78 is 5.43. The molecule has 1 atom stereocenters. The van der Waals surface area contributed by atoms with Crippen molar-refractivity contribution in [2.24, 2.45) is 5.41 Å². The highest BCUT2D eigenvalue weighted by Gasteiger charge is 2.35. The average molecular weight is 287 g/mol. The number of hydrogen-bond donors (Lipinski definition) is 0. The molecule has 4 heteroatoms. The summed E-state index contributed by atoms with van der Waals surface area (Å²) in [5.41, 5.74) is -0.135. The van der Waals surface area contributed by atoms with Gasteiger partial charge in [-0.05, 0) is 51.3 Å². The van der Waals surface area contributed by atoms with Crippen molar-refractivity contribution in [1.29, 1.82) is 5.26 Å². The topological polar surface area (TPSA) is 43.4 Å². The first-order valence-electron chi connectivity index (χ1n) is 8.09. The maximum Gasteiger partial charge on any atom is 0.117 e. The lowest BCUT2D eigenvalue weighted by atomic mass is 9.82. The van der Waals surface area contributed by atoms with E-state index in [-0.39, 0.29) is 5.41 Å². The van der Waals surface area contributed by atoms with E-state index in [0.29, 0.717) is 6.04 Å². The van der Waals surface area contributed by atoms with Crippen molar-refractivity contribution < 1.29 is 4.42 Å². The van der Waals surface area contributed by atoms with Gasteiger partial charge in [0.1, 0.15) is 5.76 Å². The molecule has 4 nitrogen and oxygen atoms in total. The molecule has 2 aliphatic rings. The molecule has 0 aliphatic carbocycles. The van der Waals surface area contributed by atoms with E-state index < -0.39 is 0 Å². The zero-order chi connectivity index (χ0) is 14.7. The second-order valence-corrected chi connectivity index (χ2v) is 6.83. The van der Waals surface area contributed by atoms with Crippen LogP contribution in [0.3, 0.4) is 0 Å². The molecule has 0 aromatic carbocycles. The zero-order valence-corrected chi connectivity index (χ0v) is 12.9. The van der Waals surface area contributed by atoms with Crippen LogP contribution < -0.4 is 0 Å². The van der Waals surface area contributed by atoms with Gasteiger partial charge in [0.25, 0.3) is 0 Å². The van der Waals surface area contributed by atoms with Gasteiger partial charge in [-0.25, -0.2) is 0 Å². The van der Waals surface area contributed by atoms with Gasteiger partial charge >= 0.3 is 0 Å². The van der Waals surface area contributed by atoms with Gasteiger partial charge < -0.3 is 4.42 Å². The monoisotopic (exact) mass is 287 g/mol. The molecule has 114 valence electrons. The van der Waals surface area contributed by atoms with E-state index >= 15 is 0 Å². The second-order valence-electron chi connectivity index (χ2n) is 6.83. The van der Waals surface area contributed by atoms with Crippen LogP contribution in [0.15, 0.2) is 22.8 Å². The van der Waals surface area contributed by atoms with E-state index in [2.05, 4.69) is 28.9 Å². The van der Waals surface area contributed by atoms with Crippen LogP contribution in [0.4, 0.5) is 0 Å². The number of likely N-dealkylation sites (tertiary alicyclic amines) is 2. The number of hydrogen-bond acceptors (Lipinski definition) is 4. The van der Waals surface area contributed by atoms with Crippen LogP contribution in [0.2, 0.25) is 0 Å². The van der Waals surface area contributed by atoms with Crippen LogP contribution in [0.25, 0.3) is 0 Å². The first kappa shape index (κ1) is 14.6. The van der Waals surface area contributed by atoms with E-state index in [4.69, 9.17) is 4.42 Å². The summed E-state index contributed by atoms with van der Waals surface area (Å²) in [5, 5.41) is 9.36. The highest BCUT2D eigenvalue weighted by molar-refractivity contribution is 5.02. The number of furan rings is 1. The van der Waals surface area contributed by atoms with Crippen LogP contribution in [0, 0.1) is 16.7 Å². The summed E-state index contributed by atoms with van der Waals surface area (Å²) in [6.07, 6.45) is 6.39. The number of piperidine rings is 2. The van der Waals surface area contributed by atoms with Crippen molar-refractivity contribution in [3.8, 4) is 6.07 Å². The van der Waals surface area contributed by atoms with Gasteiger partial charge in [0.05, 0.1) is 24.3 Å². The maximum atomic E-state index is 9.36. The molecule has 0 N–H and O–H groups in total. The third-order valence-electron chi connectivity index (χ3n) is 5.03. The Morgan fingerprint density at radius 1 is 1.38 bits per heavy atom. The first-order chi connectivity index (χ1) is 10.2. The second kappa shape index (κ2) is 6.21. The normalized spacial score (nSPS) is 29.3. The molecule has 1 aromatic rings. The highest BCUT2D eigenvalue weighted by Crippen LogP contribution is 2.31. The minimum atomic E-state index is -0.135. The summed E-state index contributed by atoms with van der Waals surface area (Å²) in [6.45, 7) is 7.42. The Morgan fingerprint density at radius 2 is 2.19 bits per heavy atom. The van der Waals surface area contributed by atoms with Crippen molar-refractivity contribution in [3.63, 3.8) is 0 Å². The molecular weight excluding hydrogens is 262 g/mol. The van der Waals surface area contributed by atoms with Crippen molar-refractivity contribution >= 4 is 0 Å². The van der Waals surface area contributed by atoms with Gasteiger partial charge in [-0.3, -0.25) is 9.80 Å². The molecule has 0 unspecified atom stereocenters. The van der Waals surface area contributed by atoms with E-state index in [1.165, 1.54) is 19.4 Å². The number of rotatable bonds is 3. The van der Waals surface area contributed by atoms with Gasteiger partial charge in [-0.15, -0.1) is 0 Å². The van der Waals surface area contributed by atoms with Gasteiger partial charge in [0.15, 0.2) is 0 Å². The van der Waals surface area contributed by atoms with Gasteiger partial charge in [0.2, 0.25) is 0 Å². The fourth-order valence-corrected chi connectivity index (χ4v) is 3.75. The summed E-state index contributed by atoms with van der Waals surface area (Å²) in [5.74, 6) is 1.06. The zero-order valence-electron chi connectivity index (χ0n) is 12.9. The Bertz CT molecular complexity index is 485. The molecule has 21 heavy (non-hydrogen) atoms. The Labute approximate surface area is 127 Å². The molecule has 0 radical (unpaired) electrons. The largest absolute Gasteiger partial charge is 0.468 e. The summed E-state index contributed by atoms with van der Waals surface area (Å²) in [4.78, 5) is 5.04. The molecular formula is C17H25N3O. The van der Waals surface area contributed by atoms with Gasteiger partial charge in [-0.1, -0.05) is 0 Å². The standard InChI is InChI=1S/C17H25N3O/c1-17(13-18)7-3-8-20(14-17)15-5-9-19(10-6-15)12-16-4-2-11-21-16/h2,4,11,15H,3,5-10,12,14H2,1H3/t17-/m0/s1. The van der Waals surface area contributed by atoms with Crippen molar-refractivity contribution in [3.05, 3.63) is 24.2 Å². The Morgan fingerprint density at radius 3 is 2.86 bits per heavy atom. The third-order valence-corrected chi connectivity index (χ3v) is 5.03. The fraction of sp³-hybridized carbons (Fsp3) is 0.706. The van der Waals surface area contributed by atoms with Crippen LogP contribution >= 0.6 is 0 Å². The molecule has 2 saturated heterocycles. The molecule has 2 aliphatic heterocycles. The van der Waals surface area contributed by atoms with E-state index in [0.717, 1.165) is 44.8 Å². The van der Waals surface area contributed by atoms with Crippen LogP contribution in [-0.2, 0) is 6.54 Å². The first-order valence-corrected chi connectivity index (χ1v) is 8.09. The van der Waals surface area contributed by atoms with Crippen molar-refractivity contribution in [2.45, 2.75) is 45.2 Å². The maximum absolute atomic E-state index is 9.36. The Kier molecular flexibility index (Phi) is 4.32. The molecule has 1 aromatic heterocycles. The SMILES string of the molecule is C[C@@]1(C#N)CCCN(C2CCN(Cc3ccco3)CC2)C1. The molecule has 0 saturated carbocycles. The Hall–Kier alpha value is -1.31. The molecule has 0 bridgehead atoms. The predicted octanol–water partition coefficient (Wildman–Crippen LogP) is 2.87. The molecule has 3 rings (SSSR count). The smallest absolute Gasteiger partial charge is 0.117 e. The third kappa shape index (κ3) is 3.48. The minimum Gasteiger partial charge on any atom is -0.468 e. The quantitative estimate of drug-likeness (QED) is 0.857. The highest BCUT2D eigenvalue weighted by atomic mass is 16.3. The lowest BCUT2D eigenvalue weighted by molar-refractivity contribution is 0.0534. The molecule has 3 heterocycles. The van der Waals surface area contributed by atoms with E-state index in [9.17, 15) is 5.26 Å².